The molecule has 17 heavy (non-hydrogen) atoms. The Bertz CT molecular complexity index is 383. The van der Waals surface area contributed by atoms with Crippen molar-refractivity contribution in [2.45, 2.75) is 19.8 Å². The summed E-state index contributed by atoms with van der Waals surface area (Å²) in [5.41, 5.74) is 0. The van der Waals surface area contributed by atoms with Gasteiger partial charge >= 0.3 is 0 Å². The van der Waals surface area contributed by atoms with Crippen LogP contribution >= 0.6 is 15.9 Å². The number of likely N-dealkylation sites (N-methyl/N-ethyl adjacent to an activating group) is 1. The Morgan fingerprint density at radius 1 is 1.24 bits per heavy atom. The summed E-state index contributed by atoms with van der Waals surface area (Å²) in [5, 5.41) is 0. The lowest BCUT2D eigenvalue weighted by atomic mass is 10.3. The van der Waals surface area contributed by atoms with Gasteiger partial charge in [0.05, 0.1) is 0 Å². The van der Waals surface area contributed by atoms with Crippen LogP contribution in [0.1, 0.15) is 19.2 Å². The maximum atomic E-state index is 4.61. The van der Waals surface area contributed by atoms with E-state index >= 15 is 0 Å². The predicted octanol–water partition coefficient (Wildman–Crippen LogP) is 1.94. The Labute approximate surface area is 111 Å². The van der Waals surface area contributed by atoms with Crippen LogP contribution in [0.4, 0.5) is 5.82 Å². The average molecular weight is 299 g/mol. The summed E-state index contributed by atoms with van der Waals surface area (Å²) in [4.78, 5) is 13.7. The summed E-state index contributed by atoms with van der Waals surface area (Å²) in [5.74, 6) is 1.96. The summed E-state index contributed by atoms with van der Waals surface area (Å²) in [6.07, 6.45) is 2.07. The van der Waals surface area contributed by atoms with Crippen LogP contribution in [-0.4, -0.2) is 48.1 Å². The minimum atomic E-state index is 0.875. The Balaban J connectivity index is 2.17. The van der Waals surface area contributed by atoms with Gasteiger partial charge in [-0.1, -0.05) is 6.92 Å². The number of halogens is 1. The Hall–Kier alpha value is -0.680. The molecule has 94 valence electrons. The third-order valence-corrected chi connectivity index (χ3v) is 3.49. The Kier molecular flexibility index (Phi) is 4.34. The van der Waals surface area contributed by atoms with Crippen molar-refractivity contribution in [3.8, 4) is 0 Å². The molecule has 0 spiro atoms. The second-order valence-electron chi connectivity index (χ2n) is 4.46. The van der Waals surface area contributed by atoms with E-state index in [1.807, 2.05) is 6.07 Å². The average Bonchev–Trinajstić information content (AvgIpc) is 2.53. The highest BCUT2D eigenvalue weighted by Gasteiger charge is 2.14. The molecule has 0 saturated carbocycles. The van der Waals surface area contributed by atoms with Gasteiger partial charge in [-0.15, -0.1) is 0 Å². The fourth-order valence-corrected chi connectivity index (χ4v) is 2.46. The van der Waals surface area contributed by atoms with Crippen LogP contribution in [0.3, 0.4) is 0 Å². The van der Waals surface area contributed by atoms with E-state index in [1.54, 1.807) is 0 Å². The molecular formula is C12H19BrN4. The van der Waals surface area contributed by atoms with Crippen molar-refractivity contribution in [1.29, 1.82) is 0 Å². The quantitative estimate of drug-likeness (QED) is 0.781. The minimum Gasteiger partial charge on any atom is -0.355 e. The van der Waals surface area contributed by atoms with Gasteiger partial charge in [-0.3, -0.25) is 0 Å². The third-order valence-electron chi connectivity index (χ3n) is 3.09. The topological polar surface area (TPSA) is 32.3 Å². The van der Waals surface area contributed by atoms with Gasteiger partial charge in [0.25, 0.3) is 0 Å². The number of hydrogen-bond acceptors (Lipinski definition) is 4. The number of hydrogen-bond donors (Lipinski definition) is 0. The van der Waals surface area contributed by atoms with Crippen molar-refractivity contribution in [1.82, 2.24) is 14.9 Å². The van der Waals surface area contributed by atoms with Crippen LogP contribution in [0.2, 0.25) is 0 Å². The fraction of sp³-hybridized carbons (Fsp3) is 0.667. The molecule has 5 heteroatoms. The SMILES string of the molecule is CCc1nc(Br)cc(N2CCCN(C)CC2)n1. The largest absolute Gasteiger partial charge is 0.355 e. The molecule has 0 aliphatic carbocycles. The van der Waals surface area contributed by atoms with Crippen molar-refractivity contribution >= 4 is 21.7 Å². The molecule has 0 N–H and O–H groups in total. The van der Waals surface area contributed by atoms with Gasteiger partial charge in [0, 0.05) is 32.1 Å². The molecule has 4 nitrogen and oxygen atoms in total. The first-order valence-corrected chi connectivity index (χ1v) is 6.95. The van der Waals surface area contributed by atoms with Gasteiger partial charge in [-0.25, -0.2) is 9.97 Å². The molecule has 2 heterocycles. The van der Waals surface area contributed by atoms with Gasteiger partial charge in [-0.05, 0) is 35.9 Å². The second kappa shape index (κ2) is 5.78. The molecule has 1 aliphatic heterocycles. The maximum Gasteiger partial charge on any atom is 0.133 e. The van der Waals surface area contributed by atoms with Crippen LogP contribution in [0.5, 0.6) is 0 Å². The highest BCUT2D eigenvalue weighted by molar-refractivity contribution is 9.10. The third kappa shape index (κ3) is 3.39. The van der Waals surface area contributed by atoms with Crippen LogP contribution in [0, 0.1) is 0 Å². The van der Waals surface area contributed by atoms with Crippen molar-refractivity contribution in [2.75, 3.05) is 38.1 Å². The van der Waals surface area contributed by atoms with E-state index in [1.165, 1.54) is 13.0 Å². The molecule has 0 bridgehead atoms. The normalized spacial score (nSPS) is 18.2. The number of nitrogens with zero attached hydrogens (tertiary/aromatic N) is 4. The predicted molar refractivity (Wildman–Crippen MR) is 73.4 cm³/mol. The van der Waals surface area contributed by atoms with E-state index in [0.717, 1.165) is 42.3 Å². The van der Waals surface area contributed by atoms with Gasteiger partial charge in [-0.2, -0.15) is 0 Å². The zero-order valence-corrected chi connectivity index (χ0v) is 12.1. The van der Waals surface area contributed by atoms with E-state index in [0.29, 0.717) is 0 Å². The number of rotatable bonds is 2. The monoisotopic (exact) mass is 298 g/mol. The van der Waals surface area contributed by atoms with E-state index in [9.17, 15) is 0 Å². The Morgan fingerprint density at radius 2 is 2.06 bits per heavy atom. The molecule has 2 rings (SSSR count). The standard InChI is InChI=1S/C12H19BrN4/c1-3-11-14-10(13)9-12(15-11)17-6-4-5-16(2)7-8-17/h9H,3-8H2,1-2H3. The van der Waals surface area contributed by atoms with E-state index in [2.05, 4.69) is 49.7 Å². The molecule has 1 saturated heterocycles. The molecule has 1 aromatic rings. The van der Waals surface area contributed by atoms with Crippen LogP contribution in [0.25, 0.3) is 0 Å². The van der Waals surface area contributed by atoms with E-state index < -0.39 is 0 Å². The zero-order chi connectivity index (χ0) is 12.3. The van der Waals surface area contributed by atoms with Gasteiger partial charge < -0.3 is 9.80 Å². The van der Waals surface area contributed by atoms with Crippen molar-refractivity contribution in [3.05, 3.63) is 16.5 Å². The fourth-order valence-electron chi connectivity index (χ4n) is 2.05. The highest BCUT2D eigenvalue weighted by atomic mass is 79.9. The van der Waals surface area contributed by atoms with Crippen LogP contribution < -0.4 is 4.90 Å². The lowest BCUT2D eigenvalue weighted by Crippen LogP contribution is -2.29. The van der Waals surface area contributed by atoms with Crippen LogP contribution in [-0.2, 0) is 6.42 Å². The molecule has 0 unspecified atom stereocenters. The summed E-state index contributed by atoms with van der Waals surface area (Å²) in [6.45, 7) is 6.48. The minimum absolute atomic E-state index is 0.875. The highest BCUT2D eigenvalue weighted by Crippen LogP contribution is 2.18. The smallest absolute Gasteiger partial charge is 0.133 e. The van der Waals surface area contributed by atoms with Crippen molar-refractivity contribution in [2.24, 2.45) is 0 Å². The lowest BCUT2D eigenvalue weighted by molar-refractivity contribution is 0.360. The second-order valence-corrected chi connectivity index (χ2v) is 5.28. The molecule has 0 atom stereocenters. The molecule has 1 aliphatic rings. The molecule has 0 amide bonds. The summed E-state index contributed by atoms with van der Waals surface area (Å²) in [7, 11) is 2.18. The van der Waals surface area contributed by atoms with Crippen molar-refractivity contribution in [3.63, 3.8) is 0 Å². The molecule has 0 radical (unpaired) electrons. The summed E-state index contributed by atoms with van der Waals surface area (Å²) < 4.78 is 0.886. The lowest BCUT2D eigenvalue weighted by Gasteiger charge is -2.22. The van der Waals surface area contributed by atoms with Crippen LogP contribution in [0.15, 0.2) is 10.7 Å². The molecule has 1 fully saturated rings. The van der Waals surface area contributed by atoms with Gasteiger partial charge in [0.1, 0.15) is 16.2 Å². The zero-order valence-electron chi connectivity index (χ0n) is 10.5. The first kappa shape index (κ1) is 12.8. The number of anilines is 1. The number of aromatic nitrogens is 2. The molecule has 0 aromatic carbocycles. The summed E-state index contributed by atoms with van der Waals surface area (Å²) >= 11 is 3.46. The maximum absolute atomic E-state index is 4.61. The molecular weight excluding hydrogens is 280 g/mol. The Morgan fingerprint density at radius 3 is 2.82 bits per heavy atom. The molecule has 1 aromatic heterocycles. The first-order chi connectivity index (χ1) is 8.19. The van der Waals surface area contributed by atoms with E-state index in [4.69, 9.17) is 0 Å². The first-order valence-electron chi connectivity index (χ1n) is 6.16. The van der Waals surface area contributed by atoms with Crippen molar-refractivity contribution < 1.29 is 0 Å². The van der Waals surface area contributed by atoms with Gasteiger partial charge in [0.15, 0.2) is 0 Å². The summed E-state index contributed by atoms with van der Waals surface area (Å²) in [6, 6.07) is 2.02. The van der Waals surface area contributed by atoms with E-state index in [-0.39, 0.29) is 0 Å². The van der Waals surface area contributed by atoms with Gasteiger partial charge in [0.2, 0.25) is 0 Å². The number of aryl methyl sites for hydroxylation is 1.